The zero-order valence-electron chi connectivity index (χ0n) is 9.81. The molecule has 2 heteroatoms. The Bertz CT molecular complexity index is 546. The van der Waals surface area contributed by atoms with E-state index in [1.165, 1.54) is 22.3 Å². The lowest BCUT2D eigenvalue weighted by atomic mass is 9.98. The van der Waals surface area contributed by atoms with E-state index in [2.05, 4.69) is 55.5 Å². The molecule has 2 N–H and O–H groups in total. The van der Waals surface area contributed by atoms with Gasteiger partial charge in [-0.15, -0.1) is 0 Å². The van der Waals surface area contributed by atoms with Crippen molar-refractivity contribution in [3.8, 4) is 11.1 Å². The summed E-state index contributed by atoms with van der Waals surface area (Å²) in [5.74, 6) is 0. The molecule has 0 bridgehead atoms. The normalized spacial score (nSPS) is 10.2. The molecule has 0 saturated carbocycles. The van der Waals surface area contributed by atoms with Gasteiger partial charge in [-0.1, -0.05) is 60.7 Å². The molecule has 86 valence electrons. The van der Waals surface area contributed by atoms with Crippen LogP contribution in [0.5, 0.6) is 0 Å². The first-order valence-corrected chi connectivity index (χ1v) is 6.01. The number of benzene rings is 2. The molecule has 0 radical (unpaired) electrons. The molecule has 0 atom stereocenters. The van der Waals surface area contributed by atoms with Crippen molar-refractivity contribution in [3.05, 3.63) is 59.7 Å². The Kier molecular flexibility index (Phi) is 3.55. The third-order valence-electron chi connectivity index (χ3n) is 2.76. The summed E-state index contributed by atoms with van der Waals surface area (Å²) in [6.45, 7) is 2.12. The summed E-state index contributed by atoms with van der Waals surface area (Å²) in [4.78, 5) is 0.534. The zero-order valence-corrected chi connectivity index (χ0v) is 10.6. The Labute approximate surface area is 107 Å². The van der Waals surface area contributed by atoms with Gasteiger partial charge in [0.05, 0.1) is 4.99 Å². The standard InChI is InChI=1S/C15H15NS/c1-11-5-2-3-8-14(11)13-7-4-6-12(9-13)10-15(16)17/h2-9H,10H2,1H3,(H2,16,17). The van der Waals surface area contributed by atoms with Crippen LogP contribution in [0.15, 0.2) is 48.5 Å². The molecule has 2 aromatic carbocycles. The lowest BCUT2D eigenvalue weighted by Gasteiger charge is -2.07. The molecule has 0 saturated heterocycles. The van der Waals surface area contributed by atoms with Gasteiger partial charge in [0, 0.05) is 6.42 Å². The monoisotopic (exact) mass is 241 g/mol. The molecule has 17 heavy (non-hydrogen) atoms. The smallest absolute Gasteiger partial charge is 0.0771 e. The summed E-state index contributed by atoms with van der Waals surface area (Å²) in [7, 11) is 0. The van der Waals surface area contributed by atoms with Crippen LogP contribution < -0.4 is 5.73 Å². The van der Waals surface area contributed by atoms with Crippen molar-refractivity contribution in [2.24, 2.45) is 5.73 Å². The summed E-state index contributed by atoms with van der Waals surface area (Å²) in [6, 6.07) is 16.7. The van der Waals surface area contributed by atoms with Crippen LogP contribution in [-0.2, 0) is 6.42 Å². The van der Waals surface area contributed by atoms with Crippen molar-refractivity contribution in [1.82, 2.24) is 0 Å². The van der Waals surface area contributed by atoms with Gasteiger partial charge < -0.3 is 5.73 Å². The second-order valence-electron chi connectivity index (χ2n) is 4.16. The van der Waals surface area contributed by atoms with Crippen LogP contribution >= 0.6 is 12.2 Å². The highest BCUT2D eigenvalue weighted by molar-refractivity contribution is 7.80. The first-order chi connectivity index (χ1) is 8.16. The van der Waals surface area contributed by atoms with Gasteiger partial charge in [0.25, 0.3) is 0 Å². The third kappa shape index (κ3) is 2.92. The van der Waals surface area contributed by atoms with E-state index < -0.39 is 0 Å². The van der Waals surface area contributed by atoms with E-state index >= 15 is 0 Å². The maximum absolute atomic E-state index is 5.57. The van der Waals surface area contributed by atoms with Gasteiger partial charge >= 0.3 is 0 Å². The zero-order chi connectivity index (χ0) is 12.3. The van der Waals surface area contributed by atoms with Crippen LogP contribution in [0.25, 0.3) is 11.1 Å². The molecule has 0 aliphatic rings. The maximum atomic E-state index is 5.57. The molecule has 0 aliphatic heterocycles. The topological polar surface area (TPSA) is 26.0 Å². The minimum Gasteiger partial charge on any atom is -0.393 e. The molecule has 0 aliphatic carbocycles. The predicted octanol–water partition coefficient (Wildman–Crippen LogP) is 3.49. The van der Waals surface area contributed by atoms with E-state index in [4.69, 9.17) is 18.0 Å². The summed E-state index contributed by atoms with van der Waals surface area (Å²) in [5.41, 5.74) is 10.5. The van der Waals surface area contributed by atoms with Crippen LogP contribution in [0.1, 0.15) is 11.1 Å². The van der Waals surface area contributed by atoms with Gasteiger partial charge in [-0.3, -0.25) is 0 Å². The summed E-state index contributed by atoms with van der Waals surface area (Å²) < 4.78 is 0. The fraction of sp³-hybridized carbons (Fsp3) is 0.133. The largest absolute Gasteiger partial charge is 0.393 e. The van der Waals surface area contributed by atoms with Gasteiger partial charge in [0.2, 0.25) is 0 Å². The van der Waals surface area contributed by atoms with Gasteiger partial charge in [-0.05, 0) is 29.2 Å². The van der Waals surface area contributed by atoms with Crippen LogP contribution in [0, 0.1) is 6.92 Å². The highest BCUT2D eigenvalue weighted by Gasteiger charge is 2.02. The average Bonchev–Trinajstić information content (AvgIpc) is 2.29. The number of rotatable bonds is 3. The summed E-state index contributed by atoms with van der Waals surface area (Å²) >= 11 is 4.94. The molecular formula is C15H15NS. The van der Waals surface area contributed by atoms with Crippen molar-refractivity contribution >= 4 is 17.2 Å². The van der Waals surface area contributed by atoms with Gasteiger partial charge in [0.15, 0.2) is 0 Å². The Morgan fingerprint density at radius 1 is 1.12 bits per heavy atom. The fourth-order valence-electron chi connectivity index (χ4n) is 1.95. The quantitative estimate of drug-likeness (QED) is 0.832. The molecule has 0 heterocycles. The molecular weight excluding hydrogens is 226 g/mol. The predicted molar refractivity (Wildman–Crippen MR) is 77.1 cm³/mol. The molecule has 0 aromatic heterocycles. The minimum absolute atomic E-state index is 0.534. The molecule has 0 spiro atoms. The Morgan fingerprint density at radius 3 is 2.59 bits per heavy atom. The Hall–Kier alpha value is -1.67. The van der Waals surface area contributed by atoms with Gasteiger partial charge in [0.1, 0.15) is 0 Å². The van der Waals surface area contributed by atoms with Gasteiger partial charge in [-0.2, -0.15) is 0 Å². The number of hydrogen-bond acceptors (Lipinski definition) is 1. The molecule has 2 aromatic rings. The second-order valence-corrected chi connectivity index (χ2v) is 4.68. The first-order valence-electron chi connectivity index (χ1n) is 5.60. The molecule has 0 amide bonds. The van der Waals surface area contributed by atoms with E-state index in [-0.39, 0.29) is 0 Å². The van der Waals surface area contributed by atoms with Crippen molar-refractivity contribution in [2.75, 3.05) is 0 Å². The number of hydrogen-bond donors (Lipinski definition) is 1. The van der Waals surface area contributed by atoms with Crippen LogP contribution in [0.2, 0.25) is 0 Å². The first kappa shape index (κ1) is 11.8. The van der Waals surface area contributed by atoms with E-state index in [1.54, 1.807) is 0 Å². The fourth-order valence-corrected chi connectivity index (χ4v) is 2.11. The maximum Gasteiger partial charge on any atom is 0.0771 e. The van der Waals surface area contributed by atoms with Crippen LogP contribution in [0.3, 0.4) is 0 Å². The second kappa shape index (κ2) is 5.11. The number of aryl methyl sites for hydroxylation is 1. The van der Waals surface area contributed by atoms with E-state index in [0.717, 1.165) is 0 Å². The van der Waals surface area contributed by atoms with E-state index in [9.17, 15) is 0 Å². The van der Waals surface area contributed by atoms with Crippen LogP contribution in [-0.4, -0.2) is 4.99 Å². The number of thiocarbonyl (C=S) groups is 1. The molecule has 0 unspecified atom stereocenters. The van der Waals surface area contributed by atoms with Gasteiger partial charge in [-0.25, -0.2) is 0 Å². The minimum atomic E-state index is 0.534. The molecule has 0 fully saturated rings. The van der Waals surface area contributed by atoms with Crippen molar-refractivity contribution in [1.29, 1.82) is 0 Å². The SMILES string of the molecule is Cc1ccccc1-c1cccc(CC(N)=S)c1. The Morgan fingerprint density at radius 2 is 1.88 bits per heavy atom. The van der Waals surface area contributed by atoms with Crippen molar-refractivity contribution < 1.29 is 0 Å². The van der Waals surface area contributed by atoms with Crippen LogP contribution in [0.4, 0.5) is 0 Å². The number of nitrogens with two attached hydrogens (primary N) is 1. The van der Waals surface area contributed by atoms with E-state index in [1.807, 2.05) is 0 Å². The molecule has 2 rings (SSSR count). The third-order valence-corrected chi connectivity index (χ3v) is 2.91. The molecule has 1 nitrogen and oxygen atoms in total. The van der Waals surface area contributed by atoms with Crippen molar-refractivity contribution in [2.45, 2.75) is 13.3 Å². The Balaban J connectivity index is 2.40. The lowest BCUT2D eigenvalue weighted by molar-refractivity contribution is 1.32. The summed E-state index contributed by atoms with van der Waals surface area (Å²) in [5, 5.41) is 0. The van der Waals surface area contributed by atoms with Crippen molar-refractivity contribution in [3.63, 3.8) is 0 Å². The highest BCUT2D eigenvalue weighted by Crippen LogP contribution is 2.23. The summed E-state index contributed by atoms with van der Waals surface area (Å²) in [6.07, 6.45) is 0.662. The van der Waals surface area contributed by atoms with E-state index in [0.29, 0.717) is 11.4 Å². The average molecular weight is 241 g/mol. The highest BCUT2D eigenvalue weighted by atomic mass is 32.1. The lowest BCUT2D eigenvalue weighted by Crippen LogP contribution is -2.10.